The predicted molar refractivity (Wildman–Crippen MR) is 67.3 cm³/mol. The number of aromatic nitrogens is 3. The van der Waals surface area contributed by atoms with Crippen molar-refractivity contribution < 1.29 is 8.91 Å². The van der Waals surface area contributed by atoms with Crippen molar-refractivity contribution in [2.45, 2.75) is 0 Å². The monoisotopic (exact) mass is 256 g/mol. The molecule has 0 saturated carbocycles. The second kappa shape index (κ2) is 4.49. The molecular weight excluding hydrogens is 247 g/mol. The number of hydrogen-bond donors (Lipinski definition) is 1. The Balaban J connectivity index is 2.23. The zero-order chi connectivity index (χ0) is 13.2. The Bertz CT molecular complexity index is 712. The van der Waals surface area contributed by atoms with Crippen LogP contribution in [0, 0.1) is 5.82 Å². The van der Waals surface area contributed by atoms with Crippen LogP contribution in [0.5, 0.6) is 0 Å². The fraction of sp³-hybridized carbons (Fsp3) is 0. The molecule has 0 aliphatic carbocycles. The maximum atomic E-state index is 13.9. The van der Waals surface area contributed by atoms with Crippen molar-refractivity contribution >= 4 is 5.82 Å². The number of hydrogen-bond acceptors (Lipinski definition) is 5. The Morgan fingerprint density at radius 2 is 1.95 bits per heavy atom. The van der Waals surface area contributed by atoms with Gasteiger partial charge in [-0.1, -0.05) is 23.4 Å². The van der Waals surface area contributed by atoms with E-state index in [2.05, 4.69) is 15.4 Å². The van der Waals surface area contributed by atoms with Crippen molar-refractivity contribution in [1.82, 2.24) is 15.4 Å². The van der Waals surface area contributed by atoms with Crippen molar-refractivity contribution in [3.8, 4) is 22.5 Å². The highest BCUT2D eigenvalue weighted by Crippen LogP contribution is 2.37. The van der Waals surface area contributed by atoms with Crippen molar-refractivity contribution in [2.24, 2.45) is 0 Å². The number of benzene rings is 1. The van der Waals surface area contributed by atoms with Crippen LogP contribution < -0.4 is 5.73 Å². The number of nitrogens with zero attached hydrogens (tertiary/aromatic N) is 3. The molecule has 5 nitrogen and oxygen atoms in total. The van der Waals surface area contributed by atoms with Gasteiger partial charge in [-0.15, -0.1) is 0 Å². The molecule has 0 spiro atoms. The van der Waals surface area contributed by atoms with Crippen LogP contribution in [0.3, 0.4) is 0 Å². The maximum absolute atomic E-state index is 13.9. The van der Waals surface area contributed by atoms with E-state index in [1.807, 2.05) is 0 Å². The minimum Gasteiger partial charge on any atom is -0.380 e. The summed E-state index contributed by atoms with van der Waals surface area (Å²) in [6.07, 6.45) is 3.02. The van der Waals surface area contributed by atoms with E-state index in [9.17, 15) is 4.39 Å². The Morgan fingerprint density at radius 1 is 1.11 bits per heavy atom. The van der Waals surface area contributed by atoms with Gasteiger partial charge >= 0.3 is 0 Å². The first-order valence-electron chi connectivity index (χ1n) is 5.54. The number of rotatable bonds is 2. The molecule has 2 heterocycles. The maximum Gasteiger partial charge on any atom is 0.178 e. The molecule has 6 heteroatoms. The molecule has 2 aromatic heterocycles. The van der Waals surface area contributed by atoms with Gasteiger partial charge in [0.05, 0.1) is 18.0 Å². The lowest BCUT2D eigenvalue weighted by Crippen LogP contribution is -1.91. The highest BCUT2D eigenvalue weighted by molar-refractivity contribution is 5.86. The quantitative estimate of drug-likeness (QED) is 0.762. The minimum absolute atomic E-state index is 0.136. The highest BCUT2D eigenvalue weighted by Gasteiger charge is 2.20. The smallest absolute Gasteiger partial charge is 0.178 e. The molecule has 0 fully saturated rings. The molecule has 0 unspecified atom stereocenters. The molecule has 0 aliphatic rings. The van der Waals surface area contributed by atoms with Crippen molar-refractivity contribution in [3.05, 3.63) is 48.5 Å². The van der Waals surface area contributed by atoms with E-state index in [4.69, 9.17) is 10.3 Å². The van der Waals surface area contributed by atoms with Crippen LogP contribution in [0.1, 0.15) is 0 Å². The van der Waals surface area contributed by atoms with Gasteiger partial charge in [0.2, 0.25) is 0 Å². The lowest BCUT2D eigenvalue weighted by Gasteiger charge is -2.03. The summed E-state index contributed by atoms with van der Waals surface area (Å²) in [6.45, 7) is 0. The first-order chi connectivity index (χ1) is 9.27. The van der Waals surface area contributed by atoms with Gasteiger partial charge in [0.15, 0.2) is 11.6 Å². The zero-order valence-corrected chi connectivity index (χ0v) is 9.75. The van der Waals surface area contributed by atoms with E-state index >= 15 is 0 Å². The summed E-state index contributed by atoms with van der Waals surface area (Å²) in [5, 5.41) is 11.1. The summed E-state index contributed by atoms with van der Waals surface area (Å²) < 4.78 is 19.1. The molecule has 3 aromatic rings. The topological polar surface area (TPSA) is 77.8 Å². The summed E-state index contributed by atoms with van der Waals surface area (Å²) in [4.78, 5) is 0. The Morgan fingerprint density at radius 3 is 2.68 bits per heavy atom. The van der Waals surface area contributed by atoms with Crippen LogP contribution in [0.15, 0.2) is 47.2 Å². The fourth-order valence-corrected chi connectivity index (χ4v) is 1.85. The van der Waals surface area contributed by atoms with Gasteiger partial charge in [-0.3, -0.25) is 0 Å². The van der Waals surface area contributed by atoms with Crippen molar-refractivity contribution in [3.63, 3.8) is 0 Å². The van der Waals surface area contributed by atoms with E-state index in [1.54, 1.807) is 24.3 Å². The molecule has 0 aliphatic heterocycles. The van der Waals surface area contributed by atoms with Gasteiger partial charge in [-0.25, -0.2) is 4.39 Å². The number of halogens is 1. The van der Waals surface area contributed by atoms with Gasteiger partial charge in [0.1, 0.15) is 5.82 Å². The molecule has 0 radical (unpaired) electrons. The predicted octanol–water partition coefficient (Wildman–Crippen LogP) is 2.52. The third-order valence-electron chi connectivity index (χ3n) is 2.71. The van der Waals surface area contributed by atoms with Gasteiger partial charge < -0.3 is 10.3 Å². The average molecular weight is 256 g/mol. The van der Waals surface area contributed by atoms with E-state index in [0.29, 0.717) is 22.5 Å². The van der Waals surface area contributed by atoms with Gasteiger partial charge in [0.25, 0.3) is 0 Å². The SMILES string of the molecule is Nc1noc(-c2ccnnc2)c1-c1ccccc1F. The Hall–Kier alpha value is -2.76. The van der Waals surface area contributed by atoms with Crippen molar-refractivity contribution in [2.75, 3.05) is 5.73 Å². The highest BCUT2D eigenvalue weighted by atomic mass is 19.1. The first-order valence-corrected chi connectivity index (χ1v) is 5.54. The molecule has 19 heavy (non-hydrogen) atoms. The molecule has 0 saturated heterocycles. The number of nitrogens with two attached hydrogens (primary N) is 1. The van der Waals surface area contributed by atoms with Crippen LogP contribution in [0.25, 0.3) is 22.5 Å². The van der Waals surface area contributed by atoms with E-state index < -0.39 is 0 Å². The second-order valence-corrected chi connectivity index (χ2v) is 3.88. The third-order valence-corrected chi connectivity index (χ3v) is 2.71. The molecule has 2 N–H and O–H groups in total. The van der Waals surface area contributed by atoms with E-state index in [0.717, 1.165) is 0 Å². The fourth-order valence-electron chi connectivity index (χ4n) is 1.85. The molecule has 0 atom stereocenters. The van der Waals surface area contributed by atoms with Gasteiger partial charge in [-0.2, -0.15) is 10.2 Å². The van der Waals surface area contributed by atoms with Crippen LogP contribution in [-0.2, 0) is 0 Å². The van der Waals surface area contributed by atoms with Crippen LogP contribution >= 0.6 is 0 Å². The second-order valence-electron chi connectivity index (χ2n) is 3.88. The van der Waals surface area contributed by atoms with Gasteiger partial charge in [-0.05, 0) is 12.1 Å². The Kier molecular flexibility index (Phi) is 2.68. The third kappa shape index (κ3) is 1.93. The minimum atomic E-state index is -0.388. The number of nitrogen functional groups attached to an aromatic ring is 1. The first kappa shape index (κ1) is 11.3. The molecule has 1 aromatic carbocycles. The zero-order valence-electron chi connectivity index (χ0n) is 9.75. The summed E-state index contributed by atoms with van der Waals surface area (Å²) in [7, 11) is 0. The van der Waals surface area contributed by atoms with Crippen molar-refractivity contribution in [1.29, 1.82) is 0 Å². The average Bonchev–Trinajstić information content (AvgIpc) is 2.82. The van der Waals surface area contributed by atoms with Crippen LogP contribution in [0.2, 0.25) is 0 Å². The molecule has 0 bridgehead atoms. The lowest BCUT2D eigenvalue weighted by atomic mass is 10.0. The largest absolute Gasteiger partial charge is 0.380 e. The summed E-state index contributed by atoms with van der Waals surface area (Å²) in [5.41, 5.74) is 7.17. The van der Waals surface area contributed by atoms with E-state index in [1.165, 1.54) is 18.5 Å². The number of anilines is 1. The standard InChI is InChI=1S/C13H9FN4O/c14-10-4-2-1-3-9(10)11-12(19-18-13(11)15)8-5-6-16-17-7-8/h1-7H,(H2,15,18). The van der Waals surface area contributed by atoms with E-state index in [-0.39, 0.29) is 11.6 Å². The molecule has 94 valence electrons. The molecule has 0 amide bonds. The van der Waals surface area contributed by atoms with Crippen LogP contribution in [0.4, 0.5) is 10.2 Å². The summed E-state index contributed by atoms with van der Waals surface area (Å²) in [5.74, 6) is 0.120. The lowest BCUT2D eigenvalue weighted by molar-refractivity contribution is 0.436. The molecular formula is C13H9FN4O. The van der Waals surface area contributed by atoms with Crippen LogP contribution in [-0.4, -0.2) is 15.4 Å². The Labute approximate surface area is 107 Å². The summed E-state index contributed by atoms with van der Waals surface area (Å²) >= 11 is 0. The molecule has 3 rings (SSSR count). The summed E-state index contributed by atoms with van der Waals surface area (Å²) in [6, 6.07) is 8.00. The normalized spacial score (nSPS) is 10.6. The van der Waals surface area contributed by atoms with Gasteiger partial charge in [0, 0.05) is 11.1 Å².